The molecular weight excluding hydrogens is 290 g/mol. The van der Waals surface area contributed by atoms with Crippen LogP contribution in [0.2, 0.25) is 0 Å². The normalized spacial score (nSPS) is 23.9. The van der Waals surface area contributed by atoms with Crippen molar-refractivity contribution in [3.05, 3.63) is 28.2 Å². The van der Waals surface area contributed by atoms with Crippen molar-refractivity contribution in [1.29, 1.82) is 0 Å². The van der Waals surface area contributed by atoms with Crippen molar-refractivity contribution in [2.45, 2.75) is 51.7 Å². The van der Waals surface area contributed by atoms with Crippen LogP contribution in [0.4, 0.5) is 0 Å². The van der Waals surface area contributed by atoms with Gasteiger partial charge >= 0.3 is 0 Å². The molecule has 0 amide bonds. The van der Waals surface area contributed by atoms with Gasteiger partial charge in [0.1, 0.15) is 5.75 Å². The zero-order valence-corrected chi connectivity index (χ0v) is 12.6. The molecule has 0 heterocycles. The Hall–Kier alpha value is -0.540. The van der Waals surface area contributed by atoms with Gasteiger partial charge in [-0.05, 0) is 48.9 Å². The summed E-state index contributed by atoms with van der Waals surface area (Å²) in [4.78, 5) is 0. The van der Waals surface area contributed by atoms with Gasteiger partial charge in [0.2, 0.25) is 0 Å². The lowest BCUT2D eigenvalue weighted by Crippen LogP contribution is -2.25. The monoisotopic (exact) mass is 311 g/mol. The molecule has 2 nitrogen and oxygen atoms in total. The lowest BCUT2D eigenvalue weighted by atomic mass is 9.85. The SMILES string of the molecule is CCC1CCCC(Oc2cc(Br)cc(CN)c2)C1. The van der Waals surface area contributed by atoms with Gasteiger partial charge < -0.3 is 10.5 Å². The predicted molar refractivity (Wildman–Crippen MR) is 78.7 cm³/mol. The topological polar surface area (TPSA) is 35.2 Å². The van der Waals surface area contributed by atoms with E-state index in [1.54, 1.807) is 0 Å². The minimum atomic E-state index is 0.378. The third kappa shape index (κ3) is 3.72. The fourth-order valence-corrected chi connectivity index (χ4v) is 3.24. The molecule has 1 aliphatic carbocycles. The van der Waals surface area contributed by atoms with E-state index in [1.807, 2.05) is 12.1 Å². The molecule has 2 atom stereocenters. The van der Waals surface area contributed by atoms with Gasteiger partial charge in [0, 0.05) is 11.0 Å². The van der Waals surface area contributed by atoms with Gasteiger partial charge in [-0.25, -0.2) is 0 Å². The van der Waals surface area contributed by atoms with Gasteiger partial charge in [-0.1, -0.05) is 35.7 Å². The lowest BCUT2D eigenvalue weighted by molar-refractivity contribution is 0.122. The summed E-state index contributed by atoms with van der Waals surface area (Å²) in [6.45, 7) is 2.83. The van der Waals surface area contributed by atoms with E-state index in [1.165, 1.54) is 32.1 Å². The fraction of sp³-hybridized carbons (Fsp3) is 0.600. The quantitative estimate of drug-likeness (QED) is 0.902. The van der Waals surface area contributed by atoms with Crippen molar-refractivity contribution in [1.82, 2.24) is 0 Å². The van der Waals surface area contributed by atoms with E-state index in [0.717, 1.165) is 21.7 Å². The van der Waals surface area contributed by atoms with Crippen molar-refractivity contribution >= 4 is 15.9 Å². The van der Waals surface area contributed by atoms with Gasteiger partial charge in [0.15, 0.2) is 0 Å². The zero-order chi connectivity index (χ0) is 13.0. The Kier molecular flexibility index (Phi) is 5.07. The van der Waals surface area contributed by atoms with E-state index in [4.69, 9.17) is 10.5 Å². The highest BCUT2D eigenvalue weighted by atomic mass is 79.9. The average Bonchev–Trinajstić information content (AvgIpc) is 2.38. The molecule has 0 spiro atoms. The Labute approximate surface area is 118 Å². The number of hydrogen-bond donors (Lipinski definition) is 1. The molecule has 3 heteroatoms. The maximum atomic E-state index is 6.13. The first-order valence-corrected chi connectivity index (χ1v) is 7.66. The molecule has 1 fully saturated rings. The van der Waals surface area contributed by atoms with Crippen LogP contribution in [0.15, 0.2) is 22.7 Å². The van der Waals surface area contributed by atoms with Crippen molar-refractivity contribution < 1.29 is 4.74 Å². The predicted octanol–water partition coefficient (Wildman–Crippen LogP) is 4.26. The van der Waals surface area contributed by atoms with Crippen LogP contribution in [-0.2, 0) is 6.54 Å². The second kappa shape index (κ2) is 6.58. The molecule has 2 rings (SSSR count). The summed E-state index contributed by atoms with van der Waals surface area (Å²) in [6, 6.07) is 6.14. The summed E-state index contributed by atoms with van der Waals surface area (Å²) in [7, 11) is 0. The number of rotatable bonds is 4. The smallest absolute Gasteiger partial charge is 0.121 e. The first kappa shape index (κ1) is 13.9. The molecule has 1 saturated carbocycles. The van der Waals surface area contributed by atoms with Crippen molar-refractivity contribution in [3.63, 3.8) is 0 Å². The summed E-state index contributed by atoms with van der Waals surface area (Å²) in [6.07, 6.45) is 6.68. The van der Waals surface area contributed by atoms with Gasteiger partial charge in [0.25, 0.3) is 0 Å². The Morgan fingerprint density at radius 3 is 2.89 bits per heavy atom. The van der Waals surface area contributed by atoms with Crippen LogP contribution in [0, 0.1) is 5.92 Å². The molecule has 100 valence electrons. The van der Waals surface area contributed by atoms with Crippen LogP contribution in [0.5, 0.6) is 5.75 Å². The summed E-state index contributed by atoms with van der Waals surface area (Å²) in [5.74, 6) is 1.79. The lowest BCUT2D eigenvalue weighted by Gasteiger charge is -2.29. The fourth-order valence-electron chi connectivity index (χ4n) is 2.72. The maximum absolute atomic E-state index is 6.13. The molecule has 18 heavy (non-hydrogen) atoms. The van der Waals surface area contributed by atoms with Crippen LogP contribution in [0.25, 0.3) is 0 Å². The summed E-state index contributed by atoms with van der Waals surface area (Å²) >= 11 is 3.51. The van der Waals surface area contributed by atoms with Crippen LogP contribution < -0.4 is 10.5 Å². The van der Waals surface area contributed by atoms with E-state index in [-0.39, 0.29) is 0 Å². The molecule has 1 aromatic carbocycles. The maximum Gasteiger partial charge on any atom is 0.121 e. The molecular formula is C15H22BrNO. The van der Waals surface area contributed by atoms with E-state index >= 15 is 0 Å². The van der Waals surface area contributed by atoms with E-state index in [0.29, 0.717) is 12.6 Å². The van der Waals surface area contributed by atoms with Crippen LogP contribution in [-0.4, -0.2) is 6.10 Å². The van der Waals surface area contributed by atoms with Crippen LogP contribution in [0.1, 0.15) is 44.6 Å². The minimum Gasteiger partial charge on any atom is -0.490 e. The number of ether oxygens (including phenoxy) is 1. The second-order valence-corrected chi connectivity index (χ2v) is 6.10. The van der Waals surface area contributed by atoms with E-state index in [9.17, 15) is 0 Å². The summed E-state index contributed by atoms with van der Waals surface area (Å²) in [5.41, 5.74) is 6.80. The van der Waals surface area contributed by atoms with Gasteiger partial charge in [-0.3, -0.25) is 0 Å². The van der Waals surface area contributed by atoms with Crippen molar-refractivity contribution in [2.75, 3.05) is 0 Å². The highest BCUT2D eigenvalue weighted by Gasteiger charge is 2.22. The van der Waals surface area contributed by atoms with E-state index in [2.05, 4.69) is 28.9 Å². The third-order valence-electron chi connectivity index (χ3n) is 3.78. The van der Waals surface area contributed by atoms with Gasteiger partial charge in [-0.2, -0.15) is 0 Å². The standard InChI is InChI=1S/C15H22BrNO/c1-2-11-4-3-5-14(7-11)18-15-8-12(10-17)6-13(16)9-15/h6,8-9,11,14H,2-5,7,10,17H2,1H3. The largest absolute Gasteiger partial charge is 0.490 e. The molecule has 0 aliphatic heterocycles. The summed E-state index contributed by atoms with van der Waals surface area (Å²) < 4.78 is 7.17. The Morgan fingerprint density at radius 1 is 1.33 bits per heavy atom. The number of benzene rings is 1. The van der Waals surface area contributed by atoms with Crippen LogP contribution in [0.3, 0.4) is 0 Å². The third-order valence-corrected chi connectivity index (χ3v) is 4.24. The first-order valence-electron chi connectivity index (χ1n) is 6.87. The van der Waals surface area contributed by atoms with Gasteiger partial charge in [0.05, 0.1) is 6.10 Å². The molecule has 1 aromatic rings. The molecule has 2 N–H and O–H groups in total. The highest BCUT2D eigenvalue weighted by Crippen LogP contribution is 2.30. The molecule has 0 radical (unpaired) electrons. The number of nitrogens with two attached hydrogens (primary N) is 1. The van der Waals surface area contributed by atoms with E-state index < -0.39 is 0 Å². The van der Waals surface area contributed by atoms with Crippen molar-refractivity contribution in [3.8, 4) is 5.75 Å². The van der Waals surface area contributed by atoms with Gasteiger partial charge in [-0.15, -0.1) is 0 Å². The van der Waals surface area contributed by atoms with Crippen LogP contribution >= 0.6 is 15.9 Å². The molecule has 0 aromatic heterocycles. The number of halogens is 1. The van der Waals surface area contributed by atoms with Crippen molar-refractivity contribution in [2.24, 2.45) is 11.7 Å². The summed E-state index contributed by atoms with van der Waals surface area (Å²) in [5, 5.41) is 0. The second-order valence-electron chi connectivity index (χ2n) is 5.18. The Bertz CT molecular complexity index is 394. The molecule has 2 unspecified atom stereocenters. The molecule has 0 bridgehead atoms. The molecule has 1 aliphatic rings. The molecule has 0 saturated heterocycles. The zero-order valence-electron chi connectivity index (χ0n) is 11.0. The number of hydrogen-bond acceptors (Lipinski definition) is 2. The average molecular weight is 312 g/mol. The minimum absolute atomic E-state index is 0.378. The highest BCUT2D eigenvalue weighted by molar-refractivity contribution is 9.10. The Morgan fingerprint density at radius 2 is 2.17 bits per heavy atom. The first-order chi connectivity index (χ1) is 8.71. The Balaban J connectivity index is 2.02.